The first kappa shape index (κ1) is 21.4. The van der Waals surface area contributed by atoms with E-state index >= 15 is 0 Å². The monoisotopic (exact) mass is 421 g/mol. The lowest BCUT2D eigenvalue weighted by molar-refractivity contribution is 0.0997. The topological polar surface area (TPSA) is 57.1 Å². The fraction of sp³-hybridized carbons (Fsp3) is 0.462. The van der Waals surface area contributed by atoms with Gasteiger partial charge >= 0.3 is 0 Å². The Balaban J connectivity index is 1.68. The average Bonchev–Trinajstić information content (AvgIpc) is 3.25. The third kappa shape index (κ3) is 4.60. The number of aliphatic imine (C=N–C) groups is 1. The Hall–Kier alpha value is -2.82. The number of ketones is 1. The van der Waals surface area contributed by atoms with E-state index in [2.05, 4.69) is 19.9 Å². The van der Waals surface area contributed by atoms with Crippen LogP contribution in [0.5, 0.6) is 17.2 Å². The van der Waals surface area contributed by atoms with Crippen molar-refractivity contribution in [2.75, 3.05) is 14.2 Å². The molecule has 1 fully saturated rings. The molecule has 0 bridgehead atoms. The number of ether oxygens (including phenoxy) is 3. The van der Waals surface area contributed by atoms with Gasteiger partial charge in [-0.1, -0.05) is 12.1 Å². The van der Waals surface area contributed by atoms with Gasteiger partial charge in [-0.2, -0.15) is 0 Å². The molecule has 1 saturated carbocycles. The van der Waals surface area contributed by atoms with E-state index in [0.717, 1.165) is 41.9 Å². The van der Waals surface area contributed by atoms with Crippen LogP contribution in [0.1, 0.15) is 67.4 Å². The normalized spacial score (nSPS) is 17.6. The summed E-state index contributed by atoms with van der Waals surface area (Å²) in [5.41, 5.74) is 3.19. The van der Waals surface area contributed by atoms with Crippen molar-refractivity contribution in [2.24, 2.45) is 4.99 Å². The van der Waals surface area contributed by atoms with Gasteiger partial charge in [-0.25, -0.2) is 0 Å². The summed E-state index contributed by atoms with van der Waals surface area (Å²) >= 11 is 0. The number of para-hydroxylation sites is 1. The van der Waals surface area contributed by atoms with Gasteiger partial charge in [-0.05, 0) is 75.8 Å². The third-order valence-corrected chi connectivity index (χ3v) is 6.09. The van der Waals surface area contributed by atoms with Crippen molar-refractivity contribution in [1.82, 2.24) is 0 Å². The van der Waals surface area contributed by atoms with Gasteiger partial charge in [0.1, 0.15) is 5.75 Å². The minimum absolute atomic E-state index is 0.00917. The lowest BCUT2D eigenvalue weighted by Gasteiger charge is -2.30. The van der Waals surface area contributed by atoms with Crippen LogP contribution in [0.4, 0.5) is 0 Å². The standard InChI is InChI=1S/C26H31NO4/c1-26(2)16-17-13-25(31-18-9-5-6-10-18)24(30-4)14-20(17)21(27-26)15-22(28)19-11-7-8-12-23(19)29-3/h7-8,11-14,18H,5-6,9-10,15-16H2,1-4H3. The largest absolute Gasteiger partial charge is 0.496 e. The Bertz CT molecular complexity index is 1000. The number of methoxy groups -OCH3 is 2. The number of carbonyl (C=O) groups excluding carboxylic acids is 1. The maximum Gasteiger partial charge on any atom is 0.172 e. The SMILES string of the molecule is COc1cc2c(cc1OC1CCCC1)CC(C)(C)N=C2CC(=O)c1ccccc1OC. The molecule has 0 radical (unpaired) electrons. The van der Waals surface area contributed by atoms with Crippen molar-refractivity contribution >= 4 is 11.5 Å². The van der Waals surface area contributed by atoms with E-state index in [1.165, 1.54) is 12.8 Å². The Morgan fingerprint density at radius 3 is 2.45 bits per heavy atom. The van der Waals surface area contributed by atoms with Crippen molar-refractivity contribution in [2.45, 2.75) is 64.0 Å². The van der Waals surface area contributed by atoms with Crippen molar-refractivity contribution in [3.8, 4) is 17.2 Å². The van der Waals surface area contributed by atoms with Crippen LogP contribution in [0.25, 0.3) is 0 Å². The van der Waals surface area contributed by atoms with Crippen LogP contribution in [0.15, 0.2) is 41.4 Å². The molecule has 0 amide bonds. The molecule has 2 aromatic rings. The van der Waals surface area contributed by atoms with E-state index in [4.69, 9.17) is 19.2 Å². The molecule has 1 heterocycles. The number of Topliss-reactive ketones (excluding diaryl/α,β-unsaturated/α-hetero) is 1. The second-order valence-electron chi connectivity index (χ2n) is 9.03. The fourth-order valence-electron chi connectivity index (χ4n) is 4.64. The van der Waals surface area contributed by atoms with Gasteiger partial charge in [0.05, 0.1) is 43.6 Å². The molecule has 0 aromatic heterocycles. The zero-order valence-electron chi connectivity index (χ0n) is 18.9. The number of benzene rings is 2. The van der Waals surface area contributed by atoms with E-state index in [-0.39, 0.29) is 23.8 Å². The number of carbonyl (C=O) groups is 1. The highest BCUT2D eigenvalue weighted by molar-refractivity contribution is 6.17. The molecule has 0 spiro atoms. The molecule has 2 aliphatic rings. The second-order valence-corrected chi connectivity index (χ2v) is 9.03. The zero-order valence-corrected chi connectivity index (χ0v) is 18.9. The molecule has 5 heteroatoms. The molecule has 0 N–H and O–H groups in total. The highest BCUT2D eigenvalue weighted by Gasteiger charge is 2.30. The van der Waals surface area contributed by atoms with Crippen molar-refractivity contribution < 1.29 is 19.0 Å². The Morgan fingerprint density at radius 2 is 1.74 bits per heavy atom. The van der Waals surface area contributed by atoms with E-state index in [1.807, 2.05) is 24.3 Å². The van der Waals surface area contributed by atoms with E-state index in [1.54, 1.807) is 20.3 Å². The summed E-state index contributed by atoms with van der Waals surface area (Å²) in [6.45, 7) is 4.20. The highest BCUT2D eigenvalue weighted by atomic mass is 16.5. The number of hydrogen-bond donors (Lipinski definition) is 0. The van der Waals surface area contributed by atoms with Crippen LogP contribution in [0.2, 0.25) is 0 Å². The van der Waals surface area contributed by atoms with Gasteiger partial charge in [0.15, 0.2) is 17.3 Å². The van der Waals surface area contributed by atoms with Crippen molar-refractivity contribution in [1.29, 1.82) is 0 Å². The van der Waals surface area contributed by atoms with E-state index < -0.39 is 0 Å². The summed E-state index contributed by atoms with van der Waals surface area (Å²) < 4.78 is 17.3. The molecular weight excluding hydrogens is 390 g/mol. The van der Waals surface area contributed by atoms with E-state index in [9.17, 15) is 4.79 Å². The van der Waals surface area contributed by atoms with Gasteiger partial charge in [-0.15, -0.1) is 0 Å². The minimum Gasteiger partial charge on any atom is -0.496 e. The molecule has 31 heavy (non-hydrogen) atoms. The molecule has 164 valence electrons. The summed E-state index contributed by atoms with van der Waals surface area (Å²) in [5.74, 6) is 2.07. The zero-order chi connectivity index (χ0) is 22.0. The molecular formula is C26H31NO4. The molecule has 1 aliphatic carbocycles. The maximum atomic E-state index is 13.1. The minimum atomic E-state index is -0.289. The first-order chi connectivity index (χ1) is 14.9. The molecule has 4 rings (SSSR count). The highest BCUT2D eigenvalue weighted by Crippen LogP contribution is 2.38. The first-order valence-electron chi connectivity index (χ1n) is 11.0. The summed E-state index contributed by atoms with van der Waals surface area (Å²) in [4.78, 5) is 18.1. The molecule has 2 aromatic carbocycles. The quantitative estimate of drug-likeness (QED) is 0.560. The summed E-state index contributed by atoms with van der Waals surface area (Å²) in [6.07, 6.45) is 5.86. The molecule has 0 saturated heterocycles. The Kier molecular flexibility index (Phi) is 6.03. The van der Waals surface area contributed by atoms with Crippen LogP contribution in [-0.2, 0) is 6.42 Å². The second kappa shape index (κ2) is 8.74. The third-order valence-electron chi connectivity index (χ3n) is 6.09. The van der Waals surface area contributed by atoms with Crippen LogP contribution in [0.3, 0.4) is 0 Å². The fourth-order valence-corrected chi connectivity index (χ4v) is 4.64. The predicted octanol–water partition coefficient (Wildman–Crippen LogP) is 5.42. The van der Waals surface area contributed by atoms with Gasteiger partial charge in [0.25, 0.3) is 0 Å². The van der Waals surface area contributed by atoms with Crippen molar-refractivity contribution in [3.63, 3.8) is 0 Å². The van der Waals surface area contributed by atoms with Gasteiger partial charge in [0.2, 0.25) is 0 Å². The van der Waals surface area contributed by atoms with Crippen LogP contribution in [-0.4, -0.2) is 37.4 Å². The van der Waals surface area contributed by atoms with Gasteiger partial charge in [0, 0.05) is 5.56 Å². The smallest absolute Gasteiger partial charge is 0.172 e. The molecule has 0 unspecified atom stereocenters. The van der Waals surface area contributed by atoms with Crippen LogP contribution in [0, 0.1) is 0 Å². The first-order valence-corrected chi connectivity index (χ1v) is 11.0. The maximum absolute atomic E-state index is 13.1. The molecule has 0 atom stereocenters. The van der Waals surface area contributed by atoms with Gasteiger partial charge in [-0.3, -0.25) is 9.79 Å². The summed E-state index contributed by atoms with van der Waals surface area (Å²) in [6, 6.07) is 11.4. The van der Waals surface area contributed by atoms with Gasteiger partial charge < -0.3 is 14.2 Å². The lowest BCUT2D eigenvalue weighted by Crippen LogP contribution is -2.30. The predicted molar refractivity (Wildman–Crippen MR) is 122 cm³/mol. The van der Waals surface area contributed by atoms with Crippen LogP contribution < -0.4 is 14.2 Å². The Morgan fingerprint density at radius 1 is 1.03 bits per heavy atom. The Labute approximate surface area is 184 Å². The molecule has 1 aliphatic heterocycles. The number of rotatable bonds is 7. The summed E-state index contributed by atoms with van der Waals surface area (Å²) in [5, 5.41) is 0. The number of nitrogens with zero attached hydrogens (tertiary/aromatic N) is 1. The molecule has 5 nitrogen and oxygen atoms in total. The van der Waals surface area contributed by atoms with Crippen molar-refractivity contribution in [3.05, 3.63) is 53.1 Å². The lowest BCUT2D eigenvalue weighted by atomic mass is 9.84. The number of hydrogen-bond acceptors (Lipinski definition) is 5. The summed E-state index contributed by atoms with van der Waals surface area (Å²) in [7, 11) is 3.24. The van der Waals surface area contributed by atoms with Crippen LogP contribution >= 0.6 is 0 Å². The van der Waals surface area contributed by atoms with E-state index in [0.29, 0.717) is 17.1 Å². The number of fused-ring (bicyclic) bond motifs is 1. The average molecular weight is 422 g/mol.